The first-order chi connectivity index (χ1) is 18.2. The predicted molar refractivity (Wildman–Crippen MR) is 129 cm³/mol. The summed E-state index contributed by atoms with van der Waals surface area (Å²) in [5.41, 5.74) is -3.45. The second-order valence-electron chi connectivity index (χ2n) is 8.60. The summed E-state index contributed by atoms with van der Waals surface area (Å²) in [5, 5.41) is 2.34. The van der Waals surface area contributed by atoms with Gasteiger partial charge in [-0.25, -0.2) is 0 Å². The van der Waals surface area contributed by atoms with E-state index in [1.165, 1.54) is 24.3 Å². The SMILES string of the molecule is C=CCN1C(=O)C2C=CC(C(=O)N[C@@H](C(=C)/C=C\C(=C/C)C(F)(F)F)c3ncccc3C(F)(F)F)=CC2C1=O. The van der Waals surface area contributed by atoms with E-state index in [-0.39, 0.29) is 17.7 Å². The molecule has 3 rings (SSSR count). The molecule has 2 unspecified atom stereocenters. The number of likely N-dealkylation sites (tertiary alicyclic amines) is 1. The minimum atomic E-state index is -4.90. The Labute approximate surface area is 219 Å². The quantitative estimate of drug-likeness (QED) is 0.210. The third-order valence-corrected chi connectivity index (χ3v) is 6.08. The van der Waals surface area contributed by atoms with E-state index in [4.69, 9.17) is 0 Å². The van der Waals surface area contributed by atoms with Crippen molar-refractivity contribution in [3.63, 3.8) is 0 Å². The zero-order valence-electron chi connectivity index (χ0n) is 20.5. The molecule has 0 aromatic carbocycles. The number of nitrogens with zero attached hydrogens (tertiary/aromatic N) is 2. The van der Waals surface area contributed by atoms with Crippen LogP contribution in [-0.4, -0.2) is 40.3 Å². The number of allylic oxidation sites excluding steroid dienone is 3. The summed E-state index contributed by atoms with van der Waals surface area (Å²) >= 11 is 0. The number of aromatic nitrogens is 1. The number of rotatable bonds is 8. The highest BCUT2D eigenvalue weighted by molar-refractivity contribution is 6.09. The molecule has 1 saturated heterocycles. The number of alkyl halides is 6. The maximum absolute atomic E-state index is 13.8. The number of amides is 3. The number of carbonyl (C=O) groups excluding carboxylic acids is 3. The maximum atomic E-state index is 13.8. The first kappa shape index (κ1) is 29.3. The number of hydrogen-bond donors (Lipinski definition) is 1. The maximum Gasteiger partial charge on any atom is 0.418 e. The fourth-order valence-corrected chi connectivity index (χ4v) is 4.16. The van der Waals surface area contributed by atoms with Gasteiger partial charge in [0.05, 0.1) is 34.7 Å². The van der Waals surface area contributed by atoms with E-state index in [0.717, 1.165) is 36.2 Å². The van der Waals surface area contributed by atoms with Gasteiger partial charge in [0.1, 0.15) is 0 Å². The van der Waals surface area contributed by atoms with Crippen molar-refractivity contribution in [2.75, 3.05) is 6.54 Å². The van der Waals surface area contributed by atoms with Gasteiger partial charge in [-0.3, -0.25) is 24.3 Å². The van der Waals surface area contributed by atoms with Crippen LogP contribution in [-0.2, 0) is 20.6 Å². The van der Waals surface area contributed by atoms with E-state index in [9.17, 15) is 40.7 Å². The molecule has 2 aliphatic rings. The Bertz CT molecular complexity index is 1320. The van der Waals surface area contributed by atoms with Crippen molar-refractivity contribution < 1.29 is 40.7 Å². The molecular weight excluding hydrogens is 528 g/mol. The zero-order valence-corrected chi connectivity index (χ0v) is 20.5. The van der Waals surface area contributed by atoms with Crippen LogP contribution in [0.1, 0.15) is 24.2 Å². The van der Waals surface area contributed by atoms with E-state index >= 15 is 0 Å². The molecule has 0 spiro atoms. The minimum Gasteiger partial charge on any atom is -0.340 e. The van der Waals surface area contributed by atoms with Crippen LogP contribution in [0.2, 0.25) is 0 Å². The molecule has 6 nitrogen and oxygen atoms in total. The fraction of sp³-hybridized carbons (Fsp3) is 0.259. The van der Waals surface area contributed by atoms with E-state index in [1.807, 2.05) is 0 Å². The normalized spacial score (nSPS) is 20.6. The largest absolute Gasteiger partial charge is 0.418 e. The van der Waals surface area contributed by atoms with Gasteiger partial charge in [0.25, 0.3) is 5.91 Å². The van der Waals surface area contributed by atoms with Crippen LogP contribution in [0.3, 0.4) is 0 Å². The van der Waals surface area contributed by atoms with E-state index < -0.39 is 64.8 Å². The molecule has 1 aromatic heterocycles. The van der Waals surface area contributed by atoms with Crippen molar-refractivity contribution in [3.8, 4) is 0 Å². The number of halogens is 6. The van der Waals surface area contributed by atoms with Crippen LogP contribution in [0.5, 0.6) is 0 Å². The third-order valence-electron chi connectivity index (χ3n) is 6.08. The minimum absolute atomic E-state index is 0.0336. The summed E-state index contributed by atoms with van der Waals surface area (Å²) < 4.78 is 80.7. The lowest BCUT2D eigenvalue weighted by Crippen LogP contribution is -2.33. The highest BCUT2D eigenvalue weighted by Gasteiger charge is 2.46. The molecule has 1 N–H and O–H groups in total. The number of hydrogen-bond acceptors (Lipinski definition) is 4. The average molecular weight is 551 g/mol. The monoisotopic (exact) mass is 551 g/mol. The highest BCUT2D eigenvalue weighted by atomic mass is 19.4. The number of nitrogens with one attached hydrogen (secondary N) is 1. The van der Waals surface area contributed by atoms with Gasteiger partial charge >= 0.3 is 12.4 Å². The van der Waals surface area contributed by atoms with Crippen LogP contribution >= 0.6 is 0 Å². The van der Waals surface area contributed by atoms with Crippen molar-refractivity contribution in [2.45, 2.75) is 25.3 Å². The lowest BCUT2D eigenvalue weighted by Gasteiger charge is -2.24. The van der Waals surface area contributed by atoms with Crippen LogP contribution in [0.25, 0.3) is 0 Å². The van der Waals surface area contributed by atoms with Gasteiger partial charge < -0.3 is 5.32 Å². The van der Waals surface area contributed by atoms with Crippen molar-refractivity contribution in [3.05, 3.63) is 102 Å². The molecule has 1 fully saturated rings. The molecule has 206 valence electrons. The lowest BCUT2D eigenvalue weighted by atomic mass is 9.87. The molecule has 1 aliphatic heterocycles. The highest BCUT2D eigenvalue weighted by Crippen LogP contribution is 2.37. The van der Waals surface area contributed by atoms with E-state index in [2.05, 4.69) is 23.5 Å². The molecule has 39 heavy (non-hydrogen) atoms. The number of imide groups is 1. The summed E-state index contributed by atoms with van der Waals surface area (Å²) in [6.07, 6.45) is -1.18. The fourth-order valence-electron chi connectivity index (χ4n) is 4.16. The van der Waals surface area contributed by atoms with Crippen molar-refractivity contribution >= 4 is 17.7 Å². The zero-order chi connectivity index (χ0) is 29.1. The Hall–Kier alpha value is -4.22. The van der Waals surface area contributed by atoms with Crippen molar-refractivity contribution in [2.24, 2.45) is 11.8 Å². The number of carbonyl (C=O) groups is 3. The summed E-state index contributed by atoms with van der Waals surface area (Å²) in [4.78, 5) is 43.0. The molecule has 0 saturated carbocycles. The number of fused-ring (bicyclic) bond motifs is 1. The van der Waals surface area contributed by atoms with Crippen LogP contribution in [0.15, 0.2) is 90.7 Å². The molecule has 0 radical (unpaired) electrons. The Morgan fingerprint density at radius 2 is 1.82 bits per heavy atom. The second kappa shape index (κ2) is 11.3. The topological polar surface area (TPSA) is 79.4 Å². The Morgan fingerprint density at radius 3 is 2.41 bits per heavy atom. The molecule has 2 heterocycles. The van der Waals surface area contributed by atoms with Crippen LogP contribution in [0.4, 0.5) is 26.3 Å². The van der Waals surface area contributed by atoms with Crippen molar-refractivity contribution in [1.29, 1.82) is 0 Å². The lowest BCUT2D eigenvalue weighted by molar-refractivity contribution is -0.139. The predicted octanol–water partition coefficient (Wildman–Crippen LogP) is 5.16. The summed E-state index contributed by atoms with van der Waals surface area (Å²) in [5.74, 6) is -3.86. The summed E-state index contributed by atoms with van der Waals surface area (Å²) in [7, 11) is 0. The molecular formula is C27H23F6N3O3. The van der Waals surface area contributed by atoms with Gasteiger partial charge in [0.15, 0.2) is 0 Å². The van der Waals surface area contributed by atoms with Gasteiger partial charge in [-0.05, 0) is 24.6 Å². The van der Waals surface area contributed by atoms with E-state index in [1.54, 1.807) is 0 Å². The summed E-state index contributed by atoms with van der Waals surface area (Å²) in [6.45, 7) is 8.18. The van der Waals surface area contributed by atoms with Gasteiger partial charge in [0.2, 0.25) is 11.8 Å². The molecule has 0 bridgehead atoms. The third kappa shape index (κ3) is 6.27. The van der Waals surface area contributed by atoms with Gasteiger partial charge in [-0.1, -0.05) is 49.1 Å². The standard InChI is InChI=1S/C27H23F6N3O3/c1-4-13-36-24(38)18-11-9-16(14-19(18)25(36)39)23(37)35-21(15(3)8-10-17(5-2)26(28,29)30)22-20(27(31,32)33)7-6-12-34-22/h4-12,14,18-19,21H,1,3,13H2,2H3,(H,35,37)/b10-8-,17-5+/t18?,19?,21-/m0/s1. The van der Waals surface area contributed by atoms with Crippen molar-refractivity contribution in [1.82, 2.24) is 15.2 Å². The Balaban J connectivity index is 1.98. The average Bonchev–Trinajstić information content (AvgIpc) is 3.10. The molecule has 1 aromatic rings. The molecule has 3 amide bonds. The smallest absolute Gasteiger partial charge is 0.340 e. The van der Waals surface area contributed by atoms with Crippen LogP contribution < -0.4 is 5.32 Å². The Morgan fingerprint density at radius 1 is 1.15 bits per heavy atom. The van der Waals surface area contributed by atoms with Gasteiger partial charge in [0, 0.05) is 18.3 Å². The first-order valence-corrected chi connectivity index (χ1v) is 11.5. The molecule has 3 atom stereocenters. The van der Waals surface area contributed by atoms with Gasteiger partial charge in [-0.2, -0.15) is 26.3 Å². The second-order valence-corrected chi connectivity index (χ2v) is 8.60. The molecule has 1 aliphatic carbocycles. The Kier molecular flexibility index (Phi) is 8.47. The van der Waals surface area contributed by atoms with E-state index in [0.29, 0.717) is 12.1 Å². The first-order valence-electron chi connectivity index (χ1n) is 11.5. The number of pyridine rings is 1. The summed E-state index contributed by atoms with van der Waals surface area (Å²) in [6, 6.07) is 0.0471. The molecule has 12 heteroatoms. The van der Waals surface area contributed by atoms with Crippen LogP contribution in [0, 0.1) is 11.8 Å². The van der Waals surface area contributed by atoms with Gasteiger partial charge in [-0.15, -0.1) is 6.58 Å².